The third-order valence-corrected chi connectivity index (χ3v) is 3.50. The third-order valence-electron chi connectivity index (χ3n) is 3.50. The van der Waals surface area contributed by atoms with Gasteiger partial charge >= 0.3 is 0 Å². The normalized spacial score (nSPS) is 11.0. The number of benzene rings is 2. The number of rotatable bonds is 6. The van der Waals surface area contributed by atoms with Crippen LogP contribution in [0.2, 0.25) is 0 Å². The van der Waals surface area contributed by atoms with Crippen molar-refractivity contribution < 1.29 is 9.84 Å². The van der Waals surface area contributed by atoms with Crippen LogP contribution in [-0.2, 0) is 11.2 Å². The summed E-state index contributed by atoms with van der Waals surface area (Å²) in [5, 5.41) is 18.5. The van der Waals surface area contributed by atoms with Gasteiger partial charge in [-0.05, 0) is 43.2 Å². The van der Waals surface area contributed by atoms with Crippen LogP contribution >= 0.6 is 0 Å². The summed E-state index contributed by atoms with van der Waals surface area (Å²) in [5.74, 6) is 0.173. The van der Waals surface area contributed by atoms with E-state index in [2.05, 4.69) is 16.9 Å². The lowest BCUT2D eigenvalue weighted by molar-refractivity contribution is 0.160. The molecule has 3 rings (SSSR count). The Hall–Kier alpha value is -2.66. The highest BCUT2D eigenvalue weighted by Crippen LogP contribution is 2.25. The first-order chi connectivity index (χ1) is 11.1. The average molecular weight is 309 g/mol. The largest absolute Gasteiger partial charge is 0.506 e. The quantitative estimate of drug-likeness (QED) is 0.561. The SMILES string of the molecule is C=C(C)COCCc1ccc(O)c(-n2nnc3ccccc32)c1. The molecule has 0 spiro atoms. The van der Waals surface area contributed by atoms with E-state index in [9.17, 15) is 5.11 Å². The van der Waals surface area contributed by atoms with Crippen molar-refractivity contribution in [2.45, 2.75) is 13.3 Å². The number of hydrogen-bond donors (Lipinski definition) is 1. The zero-order chi connectivity index (χ0) is 16.2. The number of ether oxygens (including phenoxy) is 1. The van der Waals surface area contributed by atoms with Crippen LogP contribution in [0.25, 0.3) is 16.7 Å². The number of fused-ring (bicyclic) bond motifs is 1. The van der Waals surface area contributed by atoms with Crippen LogP contribution in [-0.4, -0.2) is 33.3 Å². The minimum atomic E-state index is 0.173. The first-order valence-corrected chi connectivity index (χ1v) is 7.50. The van der Waals surface area contributed by atoms with E-state index < -0.39 is 0 Å². The molecule has 0 saturated heterocycles. The molecular weight excluding hydrogens is 290 g/mol. The second-order valence-corrected chi connectivity index (χ2v) is 5.57. The molecule has 0 radical (unpaired) electrons. The summed E-state index contributed by atoms with van der Waals surface area (Å²) < 4.78 is 7.19. The van der Waals surface area contributed by atoms with Crippen molar-refractivity contribution in [3.63, 3.8) is 0 Å². The molecular formula is C18H19N3O2. The smallest absolute Gasteiger partial charge is 0.141 e. The topological polar surface area (TPSA) is 60.2 Å². The van der Waals surface area contributed by atoms with Gasteiger partial charge in [0.1, 0.15) is 17.0 Å². The first-order valence-electron chi connectivity index (χ1n) is 7.50. The Labute approximate surface area is 134 Å². The molecule has 5 nitrogen and oxygen atoms in total. The average Bonchev–Trinajstić information content (AvgIpc) is 2.97. The Kier molecular flexibility index (Phi) is 4.39. The number of hydrogen-bond acceptors (Lipinski definition) is 4. The van der Waals surface area contributed by atoms with E-state index in [0.717, 1.165) is 28.6 Å². The highest BCUT2D eigenvalue weighted by atomic mass is 16.5. The minimum absolute atomic E-state index is 0.173. The molecule has 0 bridgehead atoms. The van der Waals surface area contributed by atoms with Crippen molar-refractivity contribution in [3.05, 3.63) is 60.2 Å². The molecule has 0 unspecified atom stereocenters. The van der Waals surface area contributed by atoms with Gasteiger partial charge in [-0.3, -0.25) is 0 Å². The van der Waals surface area contributed by atoms with Gasteiger partial charge in [0.05, 0.1) is 18.7 Å². The lowest BCUT2D eigenvalue weighted by Crippen LogP contribution is -2.03. The molecule has 0 aliphatic carbocycles. The van der Waals surface area contributed by atoms with E-state index >= 15 is 0 Å². The van der Waals surface area contributed by atoms with Gasteiger partial charge in [0, 0.05) is 0 Å². The molecule has 0 aliphatic heterocycles. The van der Waals surface area contributed by atoms with Crippen molar-refractivity contribution in [2.24, 2.45) is 0 Å². The number of para-hydroxylation sites is 1. The zero-order valence-electron chi connectivity index (χ0n) is 13.1. The molecule has 3 aromatic rings. The van der Waals surface area contributed by atoms with Gasteiger partial charge in [-0.25, -0.2) is 4.68 Å². The summed E-state index contributed by atoms with van der Waals surface area (Å²) in [7, 11) is 0. The van der Waals surface area contributed by atoms with Gasteiger partial charge in [0.15, 0.2) is 0 Å². The standard InChI is InChI=1S/C18H19N3O2/c1-13(2)12-23-10-9-14-7-8-18(22)17(11-14)21-16-6-4-3-5-15(16)19-20-21/h3-8,11,22H,1,9-10,12H2,2H3. The van der Waals surface area contributed by atoms with Crippen molar-refractivity contribution in [1.29, 1.82) is 0 Å². The fourth-order valence-corrected chi connectivity index (χ4v) is 2.38. The summed E-state index contributed by atoms with van der Waals surface area (Å²) >= 11 is 0. The maximum absolute atomic E-state index is 10.2. The number of nitrogens with zero attached hydrogens (tertiary/aromatic N) is 3. The lowest BCUT2D eigenvalue weighted by atomic mass is 10.1. The van der Waals surface area contributed by atoms with Crippen molar-refractivity contribution >= 4 is 11.0 Å². The van der Waals surface area contributed by atoms with E-state index in [4.69, 9.17) is 4.74 Å². The van der Waals surface area contributed by atoms with Gasteiger partial charge < -0.3 is 9.84 Å². The van der Waals surface area contributed by atoms with Crippen molar-refractivity contribution in [2.75, 3.05) is 13.2 Å². The van der Waals surface area contributed by atoms with Gasteiger partial charge in [0.2, 0.25) is 0 Å². The molecule has 0 amide bonds. The van der Waals surface area contributed by atoms with Gasteiger partial charge in [-0.1, -0.05) is 35.6 Å². The Morgan fingerprint density at radius 3 is 2.91 bits per heavy atom. The fourth-order valence-electron chi connectivity index (χ4n) is 2.38. The Morgan fingerprint density at radius 1 is 1.26 bits per heavy atom. The third kappa shape index (κ3) is 3.40. The van der Waals surface area contributed by atoms with E-state index in [1.54, 1.807) is 10.7 Å². The molecule has 118 valence electrons. The molecule has 0 saturated carbocycles. The summed E-state index contributed by atoms with van der Waals surface area (Å²) in [6, 6.07) is 13.1. The molecule has 1 N–H and O–H groups in total. The van der Waals surface area contributed by atoms with E-state index in [-0.39, 0.29) is 5.75 Å². The maximum atomic E-state index is 10.2. The zero-order valence-corrected chi connectivity index (χ0v) is 13.1. The van der Waals surface area contributed by atoms with Crippen LogP contribution in [0.15, 0.2) is 54.6 Å². The second-order valence-electron chi connectivity index (χ2n) is 5.57. The molecule has 0 atom stereocenters. The predicted octanol–water partition coefficient (Wildman–Crippen LogP) is 3.26. The summed E-state index contributed by atoms with van der Waals surface area (Å²) in [6.45, 7) is 6.92. The van der Waals surface area contributed by atoms with Gasteiger partial charge in [-0.15, -0.1) is 5.10 Å². The van der Waals surface area contributed by atoms with Crippen LogP contribution in [0.3, 0.4) is 0 Å². The molecule has 0 fully saturated rings. The predicted molar refractivity (Wildman–Crippen MR) is 89.9 cm³/mol. The van der Waals surface area contributed by atoms with E-state index in [0.29, 0.717) is 18.9 Å². The molecule has 23 heavy (non-hydrogen) atoms. The van der Waals surface area contributed by atoms with E-state index in [1.807, 2.05) is 43.3 Å². The van der Waals surface area contributed by atoms with Crippen molar-refractivity contribution in [1.82, 2.24) is 15.0 Å². The van der Waals surface area contributed by atoms with Crippen LogP contribution in [0, 0.1) is 0 Å². The summed E-state index contributed by atoms with van der Waals surface area (Å²) in [4.78, 5) is 0. The number of aromatic nitrogens is 3. The van der Waals surface area contributed by atoms with Crippen LogP contribution in [0.1, 0.15) is 12.5 Å². The van der Waals surface area contributed by atoms with Gasteiger partial charge in [0.25, 0.3) is 0 Å². The minimum Gasteiger partial charge on any atom is -0.506 e. The van der Waals surface area contributed by atoms with Crippen molar-refractivity contribution in [3.8, 4) is 11.4 Å². The highest BCUT2D eigenvalue weighted by molar-refractivity contribution is 5.76. The highest BCUT2D eigenvalue weighted by Gasteiger charge is 2.10. The van der Waals surface area contributed by atoms with Crippen LogP contribution in [0.4, 0.5) is 0 Å². The monoisotopic (exact) mass is 309 g/mol. The molecule has 1 aromatic heterocycles. The fraction of sp³-hybridized carbons (Fsp3) is 0.222. The Morgan fingerprint density at radius 2 is 2.09 bits per heavy atom. The van der Waals surface area contributed by atoms with Crippen LogP contribution < -0.4 is 0 Å². The molecule has 0 aliphatic rings. The number of phenolic OH excluding ortho intramolecular Hbond substituents is 1. The van der Waals surface area contributed by atoms with Gasteiger partial charge in [-0.2, -0.15) is 0 Å². The molecule has 1 heterocycles. The second kappa shape index (κ2) is 6.62. The molecule has 5 heteroatoms. The Balaban J connectivity index is 1.85. The number of phenols is 1. The molecule has 2 aromatic carbocycles. The first kappa shape index (κ1) is 15.2. The maximum Gasteiger partial charge on any atom is 0.141 e. The lowest BCUT2D eigenvalue weighted by Gasteiger charge is -2.09. The summed E-state index contributed by atoms with van der Waals surface area (Å²) in [6.07, 6.45) is 0.757. The Bertz CT molecular complexity index is 839. The summed E-state index contributed by atoms with van der Waals surface area (Å²) in [5.41, 5.74) is 4.35. The number of aromatic hydroxyl groups is 1. The van der Waals surface area contributed by atoms with Crippen LogP contribution in [0.5, 0.6) is 5.75 Å². The van der Waals surface area contributed by atoms with E-state index in [1.165, 1.54) is 0 Å².